The van der Waals surface area contributed by atoms with Crippen molar-refractivity contribution in [2.75, 3.05) is 32.2 Å². The molecular formula is C28H31ClF2N4O6. The van der Waals surface area contributed by atoms with Gasteiger partial charge in [0.25, 0.3) is 0 Å². The van der Waals surface area contributed by atoms with E-state index in [0.717, 1.165) is 0 Å². The Hall–Kier alpha value is -3.87. The van der Waals surface area contributed by atoms with Crippen LogP contribution in [-0.2, 0) is 25.5 Å². The number of anilines is 1. The van der Waals surface area contributed by atoms with Crippen molar-refractivity contribution >= 4 is 46.2 Å². The van der Waals surface area contributed by atoms with Crippen molar-refractivity contribution in [3.63, 3.8) is 0 Å². The molecule has 0 spiro atoms. The predicted octanol–water partition coefficient (Wildman–Crippen LogP) is 3.82. The second-order valence-electron chi connectivity index (χ2n) is 9.25. The van der Waals surface area contributed by atoms with Crippen LogP contribution in [0.5, 0.6) is 0 Å². The molecule has 2 atom stereocenters. The number of carbonyl (C=O) groups excluding carboxylic acids is 3. The number of halogens is 3. The van der Waals surface area contributed by atoms with E-state index in [1.54, 1.807) is 12.1 Å². The summed E-state index contributed by atoms with van der Waals surface area (Å²) in [5.41, 5.74) is 5.91. The Labute approximate surface area is 240 Å². The highest BCUT2D eigenvalue weighted by Gasteiger charge is 2.23. The molecule has 220 valence electrons. The monoisotopic (exact) mass is 592 g/mol. The number of aromatic nitrogens is 1. The normalized spacial score (nSPS) is 12.4. The Kier molecular flexibility index (Phi) is 11.7. The van der Waals surface area contributed by atoms with Gasteiger partial charge in [0.05, 0.1) is 24.3 Å². The number of amides is 2. The van der Waals surface area contributed by atoms with Crippen LogP contribution >= 0.6 is 11.6 Å². The first-order chi connectivity index (χ1) is 19.6. The number of aryl methyl sites for hydroxylation is 1. The van der Waals surface area contributed by atoms with E-state index in [2.05, 4.69) is 10.3 Å². The zero-order chi connectivity index (χ0) is 29.9. The maximum Gasteiger partial charge on any atom is 0.412 e. The zero-order valence-electron chi connectivity index (χ0n) is 22.3. The molecule has 0 aliphatic rings. The van der Waals surface area contributed by atoms with Gasteiger partial charge in [-0.2, -0.15) is 0 Å². The molecule has 10 nitrogen and oxygen atoms in total. The maximum absolute atomic E-state index is 13.8. The molecule has 0 saturated heterocycles. The Balaban J connectivity index is 1.61. The Bertz CT molecular complexity index is 1380. The van der Waals surface area contributed by atoms with Crippen molar-refractivity contribution in [1.29, 1.82) is 0 Å². The van der Waals surface area contributed by atoms with Crippen LogP contribution in [0.3, 0.4) is 0 Å². The van der Waals surface area contributed by atoms with Crippen molar-refractivity contribution in [2.45, 2.75) is 37.8 Å². The van der Waals surface area contributed by atoms with Gasteiger partial charge in [-0.25, -0.2) is 18.6 Å². The smallest absolute Gasteiger partial charge is 0.412 e. The van der Waals surface area contributed by atoms with E-state index in [4.69, 9.17) is 31.9 Å². The van der Waals surface area contributed by atoms with Crippen LogP contribution in [0.1, 0.15) is 24.8 Å². The summed E-state index contributed by atoms with van der Waals surface area (Å²) in [6.07, 6.45) is 1.43. The lowest BCUT2D eigenvalue weighted by Crippen LogP contribution is -2.41. The van der Waals surface area contributed by atoms with Gasteiger partial charge < -0.3 is 25.2 Å². The molecule has 2 amide bonds. The van der Waals surface area contributed by atoms with Gasteiger partial charge >= 0.3 is 12.1 Å². The summed E-state index contributed by atoms with van der Waals surface area (Å²) in [7, 11) is 1.54. The lowest BCUT2D eigenvalue weighted by atomic mass is 10.1. The van der Waals surface area contributed by atoms with E-state index < -0.39 is 42.4 Å². The van der Waals surface area contributed by atoms with E-state index in [1.165, 1.54) is 48.5 Å². The molecule has 1 heterocycles. The lowest BCUT2D eigenvalue weighted by molar-refractivity contribution is -0.146. The van der Waals surface area contributed by atoms with Gasteiger partial charge in [-0.3, -0.25) is 14.9 Å². The number of aliphatic hydroxyl groups is 1. The van der Waals surface area contributed by atoms with Crippen LogP contribution in [0.2, 0.25) is 5.02 Å². The summed E-state index contributed by atoms with van der Waals surface area (Å²) in [5, 5.41) is 12.6. The highest BCUT2D eigenvalue weighted by Crippen LogP contribution is 2.22. The molecule has 3 aromatic rings. The third-order valence-corrected chi connectivity index (χ3v) is 6.75. The number of pyridine rings is 1. The van der Waals surface area contributed by atoms with Gasteiger partial charge in [0.1, 0.15) is 30.1 Å². The van der Waals surface area contributed by atoms with Crippen LogP contribution < -0.4 is 11.1 Å². The molecule has 2 aromatic carbocycles. The molecule has 0 unspecified atom stereocenters. The third kappa shape index (κ3) is 9.34. The fraction of sp³-hybridized carbons (Fsp3) is 0.357. The Morgan fingerprint density at radius 3 is 2.68 bits per heavy atom. The Morgan fingerprint density at radius 1 is 1.15 bits per heavy atom. The maximum atomic E-state index is 13.8. The number of carbonyl (C=O) groups is 3. The van der Waals surface area contributed by atoms with Crippen LogP contribution in [0.15, 0.2) is 48.7 Å². The minimum Gasteiger partial charge on any atom is -0.464 e. The molecule has 0 radical (unpaired) electrons. The largest absolute Gasteiger partial charge is 0.464 e. The summed E-state index contributed by atoms with van der Waals surface area (Å²) in [4.78, 5) is 42.7. The minimum absolute atomic E-state index is 0.0142. The number of hydrogen-bond acceptors (Lipinski definition) is 8. The number of hydrogen-bond donors (Lipinski definition) is 3. The van der Waals surface area contributed by atoms with Crippen molar-refractivity contribution in [3.05, 3.63) is 70.9 Å². The van der Waals surface area contributed by atoms with Crippen molar-refractivity contribution in [2.24, 2.45) is 5.73 Å². The SMILES string of the molecule is CN(C(=O)CCc1cccc(F)c1Cl)[C@@H](CCCOC(=O)[C@H](N)CO)COC(=O)Nc1cc2cc(F)ccc2cn1. The molecule has 0 saturated carbocycles. The van der Waals surface area contributed by atoms with Gasteiger partial charge in [-0.05, 0) is 60.5 Å². The average molecular weight is 593 g/mol. The first-order valence-corrected chi connectivity index (χ1v) is 13.2. The number of nitrogens with one attached hydrogen (secondary N) is 1. The second-order valence-corrected chi connectivity index (χ2v) is 9.63. The van der Waals surface area contributed by atoms with E-state index in [1.807, 2.05) is 0 Å². The number of aliphatic hydroxyl groups excluding tert-OH is 1. The molecule has 0 bridgehead atoms. The number of nitrogens with zero attached hydrogens (tertiary/aromatic N) is 2. The average Bonchev–Trinajstić information content (AvgIpc) is 2.96. The lowest BCUT2D eigenvalue weighted by Gasteiger charge is -2.28. The number of rotatable bonds is 13. The fourth-order valence-electron chi connectivity index (χ4n) is 3.92. The Morgan fingerprint density at radius 2 is 1.93 bits per heavy atom. The van der Waals surface area contributed by atoms with Gasteiger partial charge in [-0.1, -0.05) is 23.7 Å². The van der Waals surface area contributed by atoms with E-state index in [-0.39, 0.29) is 49.2 Å². The number of nitrogens with two attached hydrogens (primary N) is 1. The first kappa shape index (κ1) is 31.7. The third-order valence-electron chi connectivity index (χ3n) is 6.33. The number of likely N-dealkylation sites (N-methyl/N-ethyl adjacent to an activating group) is 1. The summed E-state index contributed by atoms with van der Waals surface area (Å²) in [6, 6.07) is 8.26. The summed E-state index contributed by atoms with van der Waals surface area (Å²) >= 11 is 6.00. The standard InChI is InChI=1S/C28H31ClF2N4O6/c1-35(25(37)10-8-17-4-2-6-22(31)26(17)29)21(5-3-11-40-27(38)23(32)15-36)16-41-28(39)34-24-13-19-12-20(30)9-7-18(19)14-33-24/h2,4,6-7,9,12-14,21,23,36H,3,5,8,10-11,15-16,32H2,1H3,(H,33,34,39)/t21-,23+/m0/s1. The molecule has 3 rings (SSSR count). The van der Waals surface area contributed by atoms with Crippen LogP contribution in [0.4, 0.5) is 19.4 Å². The van der Waals surface area contributed by atoms with Crippen LogP contribution in [0.25, 0.3) is 10.8 Å². The van der Waals surface area contributed by atoms with Crippen molar-refractivity contribution < 1.29 is 37.7 Å². The second kappa shape index (κ2) is 15.2. The van der Waals surface area contributed by atoms with Crippen LogP contribution in [0, 0.1) is 11.6 Å². The van der Waals surface area contributed by atoms with E-state index in [9.17, 15) is 23.2 Å². The first-order valence-electron chi connectivity index (χ1n) is 12.8. The van der Waals surface area contributed by atoms with Gasteiger partial charge in [-0.15, -0.1) is 0 Å². The minimum atomic E-state index is -1.16. The topological polar surface area (TPSA) is 144 Å². The molecular weight excluding hydrogens is 562 g/mol. The zero-order valence-corrected chi connectivity index (χ0v) is 23.1. The predicted molar refractivity (Wildman–Crippen MR) is 148 cm³/mol. The highest BCUT2D eigenvalue weighted by atomic mass is 35.5. The number of fused-ring (bicyclic) bond motifs is 1. The number of esters is 1. The molecule has 0 aliphatic heterocycles. The molecule has 0 aliphatic carbocycles. The van der Waals surface area contributed by atoms with Gasteiger partial charge in [0.15, 0.2) is 0 Å². The van der Waals surface area contributed by atoms with Crippen molar-refractivity contribution in [1.82, 2.24) is 9.88 Å². The molecule has 1 aromatic heterocycles. The fourth-order valence-corrected chi connectivity index (χ4v) is 4.14. The summed E-state index contributed by atoms with van der Waals surface area (Å²) in [5.74, 6) is -1.94. The summed E-state index contributed by atoms with van der Waals surface area (Å²) in [6.45, 7) is -0.799. The number of ether oxygens (including phenoxy) is 2. The molecule has 4 N–H and O–H groups in total. The molecule has 41 heavy (non-hydrogen) atoms. The van der Waals surface area contributed by atoms with E-state index >= 15 is 0 Å². The summed E-state index contributed by atoms with van der Waals surface area (Å²) < 4.78 is 37.7. The number of benzene rings is 2. The van der Waals surface area contributed by atoms with Crippen LogP contribution in [-0.4, -0.2) is 71.9 Å². The highest BCUT2D eigenvalue weighted by molar-refractivity contribution is 6.31. The molecule has 13 heteroatoms. The quantitative estimate of drug-likeness (QED) is 0.201. The van der Waals surface area contributed by atoms with Gasteiger partial charge in [0, 0.05) is 25.1 Å². The van der Waals surface area contributed by atoms with E-state index in [0.29, 0.717) is 22.8 Å². The molecule has 0 fully saturated rings. The van der Waals surface area contributed by atoms with Gasteiger partial charge in [0.2, 0.25) is 5.91 Å². The van der Waals surface area contributed by atoms with Crippen molar-refractivity contribution in [3.8, 4) is 0 Å².